The molecule has 1 atom stereocenters. The lowest BCUT2D eigenvalue weighted by molar-refractivity contribution is 0.000826. The molecule has 7 heteroatoms. The van der Waals surface area contributed by atoms with Gasteiger partial charge in [-0.25, -0.2) is 8.42 Å². The van der Waals surface area contributed by atoms with Gasteiger partial charge in [0.2, 0.25) is 10.0 Å². The Morgan fingerprint density at radius 3 is 3.12 bits per heavy atom. The van der Waals surface area contributed by atoms with E-state index in [0.29, 0.717) is 31.1 Å². The Morgan fingerprint density at radius 2 is 2.47 bits per heavy atom. The van der Waals surface area contributed by atoms with Gasteiger partial charge in [0.05, 0.1) is 17.6 Å². The summed E-state index contributed by atoms with van der Waals surface area (Å²) in [7, 11) is -1.55. The minimum Gasteiger partial charge on any atom is -0.374 e. The summed E-state index contributed by atoms with van der Waals surface area (Å²) in [5.41, 5.74) is 0. The first-order chi connectivity index (χ1) is 8.14. The molecule has 2 N–H and O–H groups in total. The van der Waals surface area contributed by atoms with Crippen LogP contribution in [0.4, 0.5) is 0 Å². The van der Waals surface area contributed by atoms with Crippen LogP contribution in [-0.2, 0) is 14.8 Å². The Bertz CT molecular complexity index is 441. The predicted molar refractivity (Wildman–Crippen MR) is 63.2 cm³/mol. The topological polar surface area (TPSA) is 74.4 Å². The first-order valence-corrected chi connectivity index (χ1v) is 6.98. The van der Waals surface area contributed by atoms with Crippen molar-refractivity contribution in [1.29, 1.82) is 0 Å². The Kier molecular flexibility index (Phi) is 3.82. The minimum absolute atomic E-state index is 0.0810. The van der Waals surface area contributed by atoms with Gasteiger partial charge in [0.1, 0.15) is 0 Å². The van der Waals surface area contributed by atoms with E-state index in [-0.39, 0.29) is 6.10 Å². The number of nitrogens with one attached hydrogen (secondary N) is 2. The maximum Gasteiger partial charge on any atom is 0.244 e. The Morgan fingerprint density at radius 1 is 1.65 bits per heavy atom. The van der Waals surface area contributed by atoms with E-state index in [1.54, 1.807) is 12.3 Å². The molecule has 1 aromatic rings. The molecule has 1 saturated heterocycles. The molecule has 2 rings (SSSR count). The first kappa shape index (κ1) is 12.6. The molecular weight excluding hydrogens is 242 g/mol. The first-order valence-electron chi connectivity index (χ1n) is 5.53. The number of rotatable bonds is 4. The fourth-order valence-corrected chi connectivity index (χ4v) is 3.31. The van der Waals surface area contributed by atoms with Crippen molar-refractivity contribution in [2.45, 2.75) is 11.0 Å². The molecule has 0 saturated carbocycles. The number of aromatic amines is 1. The highest BCUT2D eigenvalue weighted by molar-refractivity contribution is 7.89. The molecule has 1 aliphatic rings. The van der Waals surface area contributed by atoms with Crippen LogP contribution in [0.1, 0.15) is 0 Å². The van der Waals surface area contributed by atoms with Crippen LogP contribution in [0.25, 0.3) is 0 Å². The third-order valence-electron chi connectivity index (χ3n) is 2.74. The fourth-order valence-electron chi connectivity index (χ4n) is 1.88. The highest BCUT2D eigenvalue weighted by Crippen LogP contribution is 2.17. The molecule has 1 aliphatic heterocycles. The van der Waals surface area contributed by atoms with Gasteiger partial charge >= 0.3 is 0 Å². The Hall–Kier alpha value is -0.890. The third kappa shape index (κ3) is 2.68. The van der Waals surface area contributed by atoms with Crippen molar-refractivity contribution in [2.24, 2.45) is 0 Å². The zero-order valence-electron chi connectivity index (χ0n) is 9.72. The molecule has 1 unspecified atom stereocenters. The molecule has 0 radical (unpaired) electrons. The average molecular weight is 259 g/mol. The zero-order chi connectivity index (χ0) is 12.3. The maximum atomic E-state index is 12.2. The lowest BCUT2D eigenvalue weighted by atomic mass is 10.3. The normalized spacial score (nSPS) is 22.8. The standard InChI is InChI=1S/C10H17N3O3S/c1-11-6-9-8-13(4-5-16-9)17(14,15)10-2-3-12-7-10/h2-3,7,9,11-12H,4-6,8H2,1H3. The van der Waals surface area contributed by atoms with Crippen molar-refractivity contribution < 1.29 is 13.2 Å². The van der Waals surface area contributed by atoms with E-state index in [9.17, 15) is 8.42 Å². The van der Waals surface area contributed by atoms with Crippen LogP contribution in [0, 0.1) is 0 Å². The summed E-state index contributed by atoms with van der Waals surface area (Å²) in [6.07, 6.45) is 3.03. The molecule has 0 aliphatic carbocycles. The lowest BCUT2D eigenvalue weighted by Gasteiger charge is -2.31. The van der Waals surface area contributed by atoms with Crippen LogP contribution >= 0.6 is 0 Å². The Labute approximate surface area is 101 Å². The summed E-state index contributed by atoms with van der Waals surface area (Å²) in [6.45, 7) is 1.90. The van der Waals surface area contributed by atoms with E-state index >= 15 is 0 Å². The summed E-state index contributed by atoms with van der Waals surface area (Å²) in [4.78, 5) is 3.07. The SMILES string of the molecule is CNCC1CN(S(=O)(=O)c2cc[nH]c2)CCO1. The van der Waals surface area contributed by atoms with Crippen molar-refractivity contribution in [1.82, 2.24) is 14.6 Å². The molecule has 17 heavy (non-hydrogen) atoms. The lowest BCUT2D eigenvalue weighted by Crippen LogP contribution is -2.48. The molecule has 0 aromatic carbocycles. The quantitative estimate of drug-likeness (QED) is 0.773. The molecular formula is C10H17N3O3S. The number of hydrogen-bond acceptors (Lipinski definition) is 4. The number of ether oxygens (including phenoxy) is 1. The summed E-state index contributed by atoms with van der Waals surface area (Å²) < 4.78 is 31.4. The number of nitrogens with zero attached hydrogens (tertiary/aromatic N) is 1. The van der Waals surface area contributed by atoms with Crippen molar-refractivity contribution in [3.8, 4) is 0 Å². The number of hydrogen-bond donors (Lipinski definition) is 2. The fraction of sp³-hybridized carbons (Fsp3) is 0.600. The van der Waals surface area contributed by atoms with Gasteiger partial charge in [0.25, 0.3) is 0 Å². The van der Waals surface area contributed by atoms with Crippen LogP contribution in [0.3, 0.4) is 0 Å². The summed E-state index contributed by atoms with van der Waals surface area (Å²) in [5, 5.41) is 2.99. The maximum absolute atomic E-state index is 12.2. The van der Waals surface area contributed by atoms with Crippen molar-refractivity contribution >= 4 is 10.0 Å². The van der Waals surface area contributed by atoms with Crippen molar-refractivity contribution in [2.75, 3.05) is 33.3 Å². The monoisotopic (exact) mass is 259 g/mol. The van der Waals surface area contributed by atoms with Crippen molar-refractivity contribution in [3.63, 3.8) is 0 Å². The molecule has 6 nitrogen and oxygen atoms in total. The molecule has 1 fully saturated rings. The second-order valence-electron chi connectivity index (χ2n) is 3.96. The molecule has 0 spiro atoms. The van der Waals surface area contributed by atoms with Gasteiger partial charge in [-0.15, -0.1) is 0 Å². The van der Waals surface area contributed by atoms with Gasteiger partial charge in [-0.1, -0.05) is 0 Å². The summed E-state index contributed by atoms with van der Waals surface area (Å²) >= 11 is 0. The van der Waals surface area contributed by atoms with E-state index in [1.807, 2.05) is 7.05 Å². The van der Waals surface area contributed by atoms with Crippen molar-refractivity contribution in [3.05, 3.63) is 18.5 Å². The average Bonchev–Trinajstić information content (AvgIpc) is 2.84. The van der Waals surface area contributed by atoms with Crippen LogP contribution < -0.4 is 5.32 Å². The number of likely N-dealkylation sites (N-methyl/N-ethyl adjacent to an activating group) is 1. The van der Waals surface area contributed by atoms with Gasteiger partial charge in [0, 0.05) is 32.0 Å². The van der Waals surface area contributed by atoms with Crippen LogP contribution in [0.15, 0.2) is 23.4 Å². The second-order valence-corrected chi connectivity index (χ2v) is 5.90. The number of sulfonamides is 1. The molecule has 0 amide bonds. The van der Waals surface area contributed by atoms with Gasteiger partial charge in [0.15, 0.2) is 0 Å². The molecule has 96 valence electrons. The summed E-state index contributed by atoms with van der Waals surface area (Å²) in [6, 6.07) is 1.57. The largest absolute Gasteiger partial charge is 0.374 e. The number of aromatic nitrogens is 1. The van der Waals surface area contributed by atoms with E-state index in [2.05, 4.69) is 10.3 Å². The van der Waals surface area contributed by atoms with Crippen LogP contribution in [-0.4, -0.2) is 57.1 Å². The van der Waals surface area contributed by atoms with Gasteiger partial charge in [-0.05, 0) is 13.1 Å². The zero-order valence-corrected chi connectivity index (χ0v) is 10.5. The smallest absolute Gasteiger partial charge is 0.244 e. The van der Waals surface area contributed by atoms with Crippen LogP contribution in [0.2, 0.25) is 0 Å². The highest BCUT2D eigenvalue weighted by atomic mass is 32.2. The van der Waals surface area contributed by atoms with Crippen LogP contribution in [0.5, 0.6) is 0 Å². The molecule has 2 heterocycles. The molecule has 1 aromatic heterocycles. The van der Waals surface area contributed by atoms with Gasteiger partial charge in [-0.3, -0.25) is 0 Å². The van der Waals surface area contributed by atoms with E-state index in [4.69, 9.17) is 4.74 Å². The second kappa shape index (κ2) is 5.18. The van der Waals surface area contributed by atoms with E-state index in [0.717, 1.165) is 0 Å². The molecule has 0 bridgehead atoms. The predicted octanol–water partition coefficient (Wildman–Crippen LogP) is -0.376. The van der Waals surface area contributed by atoms with E-state index < -0.39 is 10.0 Å². The van der Waals surface area contributed by atoms with Gasteiger partial charge in [-0.2, -0.15) is 4.31 Å². The third-order valence-corrected chi connectivity index (χ3v) is 4.60. The summed E-state index contributed by atoms with van der Waals surface area (Å²) in [5.74, 6) is 0. The minimum atomic E-state index is -3.38. The Balaban J connectivity index is 2.12. The number of H-pyrrole nitrogens is 1. The highest BCUT2D eigenvalue weighted by Gasteiger charge is 2.30. The number of morpholine rings is 1. The van der Waals surface area contributed by atoms with Gasteiger partial charge < -0.3 is 15.0 Å². The van der Waals surface area contributed by atoms with E-state index in [1.165, 1.54) is 10.5 Å².